The first-order valence-electron chi connectivity index (χ1n) is 9.74. The summed E-state index contributed by atoms with van der Waals surface area (Å²) >= 11 is 0. The fraction of sp³-hybridized carbons (Fsp3) is 0.600. The van der Waals surface area contributed by atoms with Crippen LogP contribution in [0.25, 0.3) is 0 Å². The molecular formula is C20H23F3N2O4. The second-order valence-electron chi connectivity index (χ2n) is 8.25. The van der Waals surface area contributed by atoms with Crippen molar-refractivity contribution in [2.24, 2.45) is 5.92 Å². The summed E-state index contributed by atoms with van der Waals surface area (Å²) in [6, 6.07) is 4.45. The van der Waals surface area contributed by atoms with Crippen LogP contribution in [0.2, 0.25) is 0 Å². The summed E-state index contributed by atoms with van der Waals surface area (Å²) in [5.41, 5.74) is 1.39. The number of piperidine rings is 1. The van der Waals surface area contributed by atoms with Crippen molar-refractivity contribution in [2.75, 3.05) is 19.7 Å². The molecule has 2 amide bonds. The molecule has 1 spiro atoms. The molecule has 3 fully saturated rings. The van der Waals surface area contributed by atoms with Gasteiger partial charge in [0.1, 0.15) is 12.4 Å². The molecule has 1 aromatic carbocycles. The van der Waals surface area contributed by atoms with E-state index in [1.807, 2.05) is 4.90 Å². The van der Waals surface area contributed by atoms with Crippen LogP contribution in [0.5, 0.6) is 5.75 Å². The Hall–Kier alpha value is -2.45. The number of likely N-dealkylation sites (tertiary alicyclic amines) is 1. The molecular weight excluding hydrogens is 389 g/mol. The minimum atomic E-state index is -4.70. The van der Waals surface area contributed by atoms with Crippen molar-refractivity contribution in [2.45, 2.75) is 50.4 Å². The zero-order valence-electron chi connectivity index (χ0n) is 16.1. The van der Waals surface area contributed by atoms with Crippen molar-refractivity contribution < 1.29 is 32.2 Å². The summed E-state index contributed by atoms with van der Waals surface area (Å²) in [4.78, 5) is 25.8. The van der Waals surface area contributed by atoms with E-state index < -0.39 is 12.5 Å². The third-order valence-electron chi connectivity index (χ3n) is 6.19. The van der Waals surface area contributed by atoms with E-state index in [4.69, 9.17) is 4.74 Å². The Labute approximate surface area is 166 Å². The van der Waals surface area contributed by atoms with Gasteiger partial charge in [-0.2, -0.15) is 0 Å². The van der Waals surface area contributed by atoms with Gasteiger partial charge in [0.2, 0.25) is 5.91 Å². The van der Waals surface area contributed by atoms with Gasteiger partial charge in [-0.15, -0.1) is 13.2 Å². The summed E-state index contributed by atoms with van der Waals surface area (Å²) in [5, 5.41) is 2.80. The molecule has 4 rings (SSSR count). The summed E-state index contributed by atoms with van der Waals surface area (Å²) in [6.07, 6.45) is -2.37. The van der Waals surface area contributed by atoms with Crippen LogP contribution in [0.1, 0.15) is 42.7 Å². The van der Waals surface area contributed by atoms with E-state index in [-0.39, 0.29) is 29.0 Å². The number of alkyl carbamates (subject to hydrolysis) is 1. The summed E-state index contributed by atoms with van der Waals surface area (Å²) < 4.78 is 46.0. The number of nitrogens with zero attached hydrogens (tertiary/aromatic N) is 1. The number of nitrogens with one attached hydrogen (secondary N) is 1. The Kier molecular flexibility index (Phi) is 4.86. The van der Waals surface area contributed by atoms with Gasteiger partial charge in [0.25, 0.3) is 0 Å². The van der Waals surface area contributed by atoms with Crippen LogP contribution in [-0.4, -0.2) is 48.5 Å². The number of benzene rings is 1. The second kappa shape index (κ2) is 7.11. The lowest BCUT2D eigenvalue weighted by Gasteiger charge is -2.45. The Bertz CT molecular complexity index is 812. The number of carbonyl (C=O) groups excluding carboxylic acids is 2. The Morgan fingerprint density at radius 3 is 2.52 bits per heavy atom. The number of aryl methyl sites for hydroxylation is 1. The van der Waals surface area contributed by atoms with Crippen LogP contribution in [0.4, 0.5) is 18.0 Å². The van der Waals surface area contributed by atoms with Crippen LogP contribution in [0.3, 0.4) is 0 Å². The number of hydrogen-bond acceptors (Lipinski definition) is 4. The Morgan fingerprint density at radius 1 is 1.28 bits per heavy atom. The molecule has 158 valence electrons. The van der Waals surface area contributed by atoms with Crippen LogP contribution in [0, 0.1) is 12.8 Å². The van der Waals surface area contributed by atoms with Gasteiger partial charge in [0.05, 0.1) is 5.54 Å². The van der Waals surface area contributed by atoms with E-state index in [1.165, 1.54) is 12.1 Å². The van der Waals surface area contributed by atoms with Gasteiger partial charge < -0.3 is 19.7 Å². The lowest BCUT2D eigenvalue weighted by atomic mass is 9.68. The standard InChI is InChI=1S/C20H23F3N2O4/c1-12-8-15(29-20(21,22)23)2-3-16(12)13-4-6-25(7-5-13)17(26)14-9-19(10-14)11-28-18(27)24-19/h2-3,8,13-14H,4-7,9-11H2,1H3,(H,24,27). The minimum absolute atomic E-state index is 0.0888. The van der Waals surface area contributed by atoms with Gasteiger partial charge in [-0.1, -0.05) is 6.07 Å². The van der Waals surface area contributed by atoms with Crippen molar-refractivity contribution in [1.82, 2.24) is 10.2 Å². The maximum Gasteiger partial charge on any atom is 0.573 e. The smallest absolute Gasteiger partial charge is 0.447 e. The molecule has 0 radical (unpaired) electrons. The van der Waals surface area contributed by atoms with E-state index in [9.17, 15) is 22.8 Å². The first-order chi connectivity index (χ1) is 13.6. The second-order valence-corrected chi connectivity index (χ2v) is 8.25. The Morgan fingerprint density at radius 2 is 1.97 bits per heavy atom. The van der Waals surface area contributed by atoms with E-state index in [0.717, 1.165) is 24.0 Å². The van der Waals surface area contributed by atoms with Gasteiger partial charge in [0.15, 0.2) is 0 Å². The highest BCUT2D eigenvalue weighted by molar-refractivity contribution is 5.81. The molecule has 2 saturated heterocycles. The molecule has 2 aliphatic heterocycles. The van der Waals surface area contributed by atoms with Crippen molar-refractivity contribution in [3.05, 3.63) is 29.3 Å². The minimum Gasteiger partial charge on any atom is -0.447 e. The first-order valence-corrected chi connectivity index (χ1v) is 9.74. The number of hydrogen-bond donors (Lipinski definition) is 1. The number of rotatable bonds is 3. The number of carbonyl (C=O) groups is 2. The third kappa shape index (κ3) is 4.13. The molecule has 6 nitrogen and oxygen atoms in total. The zero-order valence-corrected chi connectivity index (χ0v) is 16.1. The monoisotopic (exact) mass is 412 g/mol. The van der Waals surface area contributed by atoms with Crippen molar-refractivity contribution in [3.63, 3.8) is 0 Å². The van der Waals surface area contributed by atoms with Crippen LogP contribution in [-0.2, 0) is 9.53 Å². The molecule has 2 heterocycles. The van der Waals surface area contributed by atoms with Crippen LogP contribution < -0.4 is 10.1 Å². The SMILES string of the molecule is Cc1cc(OC(F)(F)F)ccc1C1CCN(C(=O)C2CC3(COC(=O)N3)C2)CC1. The predicted octanol–water partition coefficient (Wildman–Crippen LogP) is 3.49. The summed E-state index contributed by atoms with van der Waals surface area (Å²) in [5.74, 6) is 0.0115. The lowest BCUT2D eigenvalue weighted by molar-refractivity contribution is -0.274. The molecule has 0 unspecified atom stereocenters. The zero-order chi connectivity index (χ0) is 20.8. The van der Waals surface area contributed by atoms with E-state index in [2.05, 4.69) is 10.1 Å². The molecule has 1 N–H and O–H groups in total. The molecule has 1 aromatic rings. The lowest BCUT2D eigenvalue weighted by Crippen LogP contribution is -2.58. The molecule has 0 bridgehead atoms. The average molecular weight is 412 g/mol. The van der Waals surface area contributed by atoms with Crippen LogP contribution in [0.15, 0.2) is 18.2 Å². The maximum absolute atomic E-state index is 12.7. The first kappa shape index (κ1) is 19.8. The largest absolute Gasteiger partial charge is 0.573 e. The van der Waals surface area contributed by atoms with Gasteiger partial charge in [0, 0.05) is 19.0 Å². The molecule has 0 aromatic heterocycles. The van der Waals surface area contributed by atoms with Gasteiger partial charge in [-0.05, 0) is 61.8 Å². The van der Waals surface area contributed by atoms with E-state index >= 15 is 0 Å². The molecule has 1 aliphatic carbocycles. The number of ether oxygens (including phenoxy) is 2. The highest BCUT2D eigenvalue weighted by Gasteiger charge is 2.53. The molecule has 9 heteroatoms. The normalized spacial score (nSPS) is 27.4. The summed E-state index contributed by atoms with van der Waals surface area (Å²) in [7, 11) is 0. The highest BCUT2D eigenvalue weighted by Crippen LogP contribution is 2.42. The summed E-state index contributed by atoms with van der Waals surface area (Å²) in [6.45, 7) is 3.35. The maximum atomic E-state index is 12.7. The average Bonchev–Trinajstić information content (AvgIpc) is 3.01. The molecule has 3 aliphatic rings. The van der Waals surface area contributed by atoms with E-state index in [0.29, 0.717) is 32.5 Å². The quantitative estimate of drug-likeness (QED) is 0.825. The van der Waals surface area contributed by atoms with Crippen molar-refractivity contribution in [1.29, 1.82) is 0 Å². The topological polar surface area (TPSA) is 67.9 Å². The van der Waals surface area contributed by atoms with E-state index in [1.54, 1.807) is 13.0 Å². The van der Waals surface area contributed by atoms with Crippen LogP contribution >= 0.6 is 0 Å². The molecule has 1 saturated carbocycles. The molecule has 0 atom stereocenters. The van der Waals surface area contributed by atoms with Crippen molar-refractivity contribution >= 4 is 12.0 Å². The number of amides is 2. The fourth-order valence-corrected chi connectivity index (χ4v) is 4.74. The number of alkyl halides is 3. The highest BCUT2D eigenvalue weighted by atomic mass is 19.4. The number of cyclic esters (lactones) is 1. The fourth-order valence-electron chi connectivity index (χ4n) is 4.74. The van der Waals surface area contributed by atoms with Gasteiger partial charge in [-0.25, -0.2) is 4.79 Å². The molecule has 29 heavy (non-hydrogen) atoms. The van der Waals surface area contributed by atoms with Gasteiger partial charge in [-0.3, -0.25) is 4.79 Å². The van der Waals surface area contributed by atoms with Crippen molar-refractivity contribution in [3.8, 4) is 5.75 Å². The Balaban J connectivity index is 1.30. The predicted molar refractivity (Wildman–Crippen MR) is 96.4 cm³/mol. The van der Waals surface area contributed by atoms with Gasteiger partial charge >= 0.3 is 12.5 Å². The number of halogens is 3. The third-order valence-corrected chi connectivity index (χ3v) is 6.19.